The molecule has 4 heteroatoms. The third kappa shape index (κ3) is 2.94. The fourth-order valence-electron chi connectivity index (χ4n) is 1.74. The fourth-order valence-corrected chi connectivity index (χ4v) is 1.74. The van der Waals surface area contributed by atoms with Gasteiger partial charge in [0.2, 0.25) is 0 Å². The van der Waals surface area contributed by atoms with E-state index in [1.807, 2.05) is 20.8 Å². The Labute approximate surface area is 90.7 Å². The van der Waals surface area contributed by atoms with Crippen LogP contribution in [0, 0.1) is 11.8 Å². The van der Waals surface area contributed by atoms with E-state index < -0.39 is 0 Å². The van der Waals surface area contributed by atoms with E-state index in [4.69, 9.17) is 9.47 Å². The lowest BCUT2D eigenvalue weighted by atomic mass is 9.89. The molecule has 1 rings (SSSR count). The van der Waals surface area contributed by atoms with E-state index in [1.54, 1.807) is 0 Å². The van der Waals surface area contributed by atoms with Crippen molar-refractivity contribution < 1.29 is 14.3 Å². The molecule has 0 aromatic heterocycles. The summed E-state index contributed by atoms with van der Waals surface area (Å²) in [4.78, 5) is 16.0. The second-order valence-corrected chi connectivity index (χ2v) is 3.65. The molecule has 1 aliphatic rings. The van der Waals surface area contributed by atoms with Gasteiger partial charge in [-0.1, -0.05) is 6.92 Å². The lowest BCUT2D eigenvalue weighted by molar-refractivity contribution is -0.147. The van der Waals surface area contributed by atoms with Crippen molar-refractivity contribution in [2.24, 2.45) is 16.8 Å². The Bertz CT molecular complexity index is 250. The van der Waals surface area contributed by atoms with Crippen LogP contribution in [-0.2, 0) is 14.3 Å². The summed E-state index contributed by atoms with van der Waals surface area (Å²) in [6.07, 6.45) is 0.917. The van der Waals surface area contributed by atoms with Gasteiger partial charge in [0.15, 0.2) is 5.90 Å². The third-order valence-electron chi connectivity index (χ3n) is 2.52. The topological polar surface area (TPSA) is 47.9 Å². The molecule has 0 unspecified atom stereocenters. The van der Waals surface area contributed by atoms with Gasteiger partial charge in [0.25, 0.3) is 0 Å². The Morgan fingerprint density at radius 2 is 2.20 bits per heavy atom. The largest absolute Gasteiger partial charge is 0.481 e. The second kappa shape index (κ2) is 5.73. The van der Waals surface area contributed by atoms with Crippen LogP contribution in [0.1, 0.15) is 27.2 Å². The zero-order valence-corrected chi connectivity index (χ0v) is 9.66. The molecule has 0 saturated heterocycles. The van der Waals surface area contributed by atoms with Crippen LogP contribution in [0.4, 0.5) is 0 Å². The van der Waals surface area contributed by atoms with Gasteiger partial charge in [-0.3, -0.25) is 9.79 Å². The Morgan fingerprint density at radius 3 is 2.80 bits per heavy atom. The number of nitrogens with zero attached hydrogens (tertiary/aromatic N) is 1. The van der Waals surface area contributed by atoms with Crippen molar-refractivity contribution in [2.75, 3.05) is 19.8 Å². The number of hydrogen-bond acceptors (Lipinski definition) is 4. The van der Waals surface area contributed by atoms with E-state index in [0.717, 1.165) is 13.0 Å². The lowest BCUT2D eigenvalue weighted by Gasteiger charge is -2.26. The average molecular weight is 213 g/mol. The van der Waals surface area contributed by atoms with Crippen molar-refractivity contribution in [3.8, 4) is 0 Å². The summed E-state index contributed by atoms with van der Waals surface area (Å²) < 4.78 is 10.4. The quantitative estimate of drug-likeness (QED) is 0.669. The number of esters is 1. The molecule has 2 atom stereocenters. The van der Waals surface area contributed by atoms with Gasteiger partial charge < -0.3 is 9.47 Å². The highest BCUT2D eigenvalue weighted by molar-refractivity contribution is 5.98. The molecular weight excluding hydrogens is 194 g/mol. The van der Waals surface area contributed by atoms with Gasteiger partial charge in [-0.25, -0.2) is 0 Å². The Morgan fingerprint density at radius 1 is 1.47 bits per heavy atom. The minimum absolute atomic E-state index is 0.211. The molecule has 0 radical (unpaired) electrons. The average Bonchev–Trinajstić information content (AvgIpc) is 2.18. The van der Waals surface area contributed by atoms with Gasteiger partial charge in [-0.15, -0.1) is 0 Å². The summed E-state index contributed by atoms with van der Waals surface area (Å²) in [5.74, 6) is 0.286. The summed E-state index contributed by atoms with van der Waals surface area (Å²) in [6.45, 7) is 7.43. The molecule has 0 aromatic carbocycles. The molecule has 0 N–H and O–H groups in total. The molecule has 1 aliphatic heterocycles. The van der Waals surface area contributed by atoms with Crippen molar-refractivity contribution in [1.29, 1.82) is 0 Å². The summed E-state index contributed by atoms with van der Waals surface area (Å²) >= 11 is 0. The van der Waals surface area contributed by atoms with E-state index in [1.165, 1.54) is 0 Å². The maximum atomic E-state index is 11.7. The van der Waals surface area contributed by atoms with Crippen LogP contribution in [0.2, 0.25) is 0 Å². The van der Waals surface area contributed by atoms with Crippen LogP contribution in [0.25, 0.3) is 0 Å². The smallest absolute Gasteiger partial charge is 0.318 e. The zero-order chi connectivity index (χ0) is 11.3. The molecule has 0 aromatic rings. The molecule has 0 aliphatic carbocycles. The van der Waals surface area contributed by atoms with E-state index in [9.17, 15) is 4.79 Å². The molecule has 0 saturated carbocycles. The minimum atomic E-state index is -0.307. The molecule has 15 heavy (non-hydrogen) atoms. The molecule has 0 fully saturated rings. The van der Waals surface area contributed by atoms with Gasteiger partial charge in [0.1, 0.15) is 5.92 Å². The Kier molecular flexibility index (Phi) is 4.59. The van der Waals surface area contributed by atoms with Crippen LogP contribution in [0.3, 0.4) is 0 Å². The number of hydrogen-bond donors (Lipinski definition) is 0. The van der Waals surface area contributed by atoms with Crippen LogP contribution in [0.15, 0.2) is 4.99 Å². The molecule has 1 heterocycles. The lowest BCUT2D eigenvalue weighted by Crippen LogP contribution is -2.36. The molecule has 86 valence electrons. The Hall–Kier alpha value is -1.06. The van der Waals surface area contributed by atoms with Crippen molar-refractivity contribution in [1.82, 2.24) is 0 Å². The van der Waals surface area contributed by atoms with Gasteiger partial charge in [0, 0.05) is 6.54 Å². The maximum absolute atomic E-state index is 11.7. The Balaban J connectivity index is 2.74. The summed E-state index contributed by atoms with van der Waals surface area (Å²) in [6, 6.07) is 0. The standard InChI is InChI=1S/C11H19NO3/c1-4-14-10-9(11(13)15-5-2)8(3)6-7-12-10/h8-9H,4-7H2,1-3H3/t8-,9+/m0/s1. The second-order valence-electron chi connectivity index (χ2n) is 3.65. The monoisotopic (exact) mass is 213 g/mol. The number of rotatable bonds is 3. The third-order valence-corrected chi connectivity index (χ3v) is 2.52. The van der Waals surface area contributed by atoms with E-state index >= 15 is 0 Å². The highest BCUT2D eigenvalue weighted by atomic mass is 16.5. The highest BCUT2D eigenvalue weighted by Crippen LogP contribution is 2.24. The van der Waals surface area contributed by atoms with E-state index in [0.29, 0.717) is 19.1 Å². The molecular formula is C11H19NO3. The molecule has 0 bridgehead atoms. The fraction of sp³-hybridized carbons (Fsp3) is 0.818. The number of carbonyl (C=O) groups excluding carboxylic acids is 1. The summed E-state index contributed by atoms with van der Waals surface area (Å²) in [5, 5.41) is 0. The van der Waals surface area contributed by atoms with Crippen molar-refractivity contribution in [3.63, 3.8) is 0 Å². The van der Waals surface area contributed by atoms with Crippen molar-refractivity contribution in [2.45, 2.75) is 27.2 Å². The molecule has 0 amide bonds. The first-order valence-corrected chi connectivity index (χ1v) is 5.54. The molecule has 0 spiro atoms. The van der Waals surface area contributed by atoms with Gasteiger partial charge >= 0.3 is 5.97 Å². The summed E-state index contributed by atoms with van der Waals surface area (Å²) in [5.41, 5.74) is 0. The molecule has 4 nitrogen and oxygen atoms in total. The van der Waals surface area contributed by atoms with E-state index in [-0.39, 0.29) is 17.8 Å². The van der Waals surface area contributed by atoms with E-state index in [2.05, 4.69) is 4.99 Å². The van der Waals surface area contributed by atoms with Crippen LogP contribution < -0.4 is 0 Å². The first kappa shape index (κ1) is 12.0. The van der Waals surface area contributed by atoms with Crippen LogP contribution in [0.5, 0.6) is 0 Å². The van der Waals surface area contributed by atoms with Crippen LogP contribution in [-0.4, -0.2) is 31.6 Å². The zero-order valence-electron chi connectivity index (χ0n) is 9.66. The summed E-state index contributed by atoms with van der Waals surface area (Å²) in [7, 11) is 0. The first-order chi connectivity index (χ1) is 7.20. The van der Waals surface area contributed by atoms with Gasteiger partial charge in [0.05, 0.1) is 13.2 Å². The highest BCUT2D eigenvalue weighted by Gasteiger charge is 2.35. The SMILES string of the molecule is CCOC(=O)[C@H]1C(OCC)=NCC[C@@H]1C. The maximum Gasteiger partial charge on any atom is 0.318 e. The first-order valence-electron chi connectivity index (χ1n) is 5.54. The number of carbonyl (C=O) groups is 1. The predicted molar refractivity (Wildman–Crippen MR) is 57.8 cm³/mol. The van der Waals surface area contributed by atoms with Gasteiger partial charge in [-0.2, -0.15) is 0 Å². The van der Waals surface area contributed by atoms with Crippen molar-refractivity contribution in [3.05, 3.63) is 0 Å². The normalized spacial score (nSPS) is 25.7. The number of ether oxygens (including phenoxy) is 2. The van der Waals surface area contributed by atoms with Gasteiger partial charge in [-0.05, 0) is 26.2 Å². The number of aliphatic imine (C=N–C) groups is 1. The van der Waals surface area contributed by atoms with Crippen LogP contribution >= 0.6 is 0 Å². The van der Waals surface area contributed by atoms with Crippen molar-refractivity contribution >= 4 is 11.9 Å². The predicted octanol–water partition coefficient (Wildman–Crippen LogP) is 1.64. The minimum Gasteiger partial charge on any atom is -0.481 e.